The van der Waals surface area contributed by atoms with E-state index in [1.807, 2.05) is 0 Å². The van der Waals surface area contributed by atoms with Gasteiger partial charge in [0.15, 0.2) is 0 Å². The Labute approximate surface area is 243 Å². The van der Waals surface area contributed by atoms with Crippen LogP contribution in [-0.2, 0) is 10.0 Å². The second-order valence-corrected chi connectivity index (χ2v) is 12.4. The summed E-state index contributed by atoms with van der Waals surface area (Å²) in [5.41, 5.74) is 5.72. The van der Waals surface area contributed by atoms with Crippen LogP contribution >= 0.6 is 15.9 Å². The van der Waals surface area contributed by atoms with Crippen molar-refractivity contribution in [2.24, 2.45) is 5.73 Å². The number of rotatable bonds is 9. The molecule has 3 aromatic rings. The zero-order valence-corrected chi connectivity index (χ0v) is 23.9. The zero-order valence-electron chi connectivity index (χ0n) is 21.5. The standard InChI is InChI=1S/C26H25BrFN7O5S/c27-18-14-30-26(33-23(18)32-20-7-3-6-19(28)21(20)22(29)36)31-15-8-10-34(11-9-15)41(39,40)13-12-35-24(37)16-4-1-2-5-17(16)25(35)38/h1-7,14-15H,8-13H2,(H2,29,36)(H2,30,31,32,33). The summed E-state index contributed by atoms with van der Waals surface area (Å²) in [6.07, 6.45) is 2.41. The highest BCUT2D eigenvalue weighted by atomic mass is 79.9. The molecule has 1 fully saturated rings. The second kappa shape index (κ2) is 11.5. The summed E-state index contributed by atoms with van der Waals surface area (Å²) in [5, 5.41) is 6.08. The molecule has 2 aliphatic heterocycles. The van der Waals surface area contributed by atoms with Crippen LogP contribution in [0.4, 0.5) is 21.8 Å². The minimum Gasteiger partial charge on any atom is -0.365 e. The molecule has 0 radical (unpaired) electrons. The molecule has 5 rings (SSSR count). The molecule has 0 aliphatic carbocycles. The molecule has 1 saturated heterocycles. The van der Waals surface area contributed by atoms with Crippen molar-refractivity contribution < 1.29 is 27.2 Å². The number of fused-ring (bicyclic) bond motifs is 1. The average Bonchev–Trinajstić information content (AvgIpc) is 3.18. The Hall–Kier alpha value is -3.95. The third-order valence-electron chi connectivity index (χ3n) is 6.89. The Morgan fingerprint density at radius 1 is 1.07 bits per heavy atom. The molecule has 15 heteroatoms. The van der Waals surface area contributed by atoms with E-state index in [9.17, 15) is 27.2 Å². The molecule has 214 valence electrons. The van der Waals surface area contributed by atoms with Crippen LogP contribution in [0.2, 0.25) is 0 Å². The van der Waals surface area contributed by atoms with Crippen molar-refractivity contribution in [2.45, 2.75) is 18.9 Å². The highest BCUT2D eigenvalue weighted by Crippen LogP contribution is 2.28. The van der Waals surface area contributed by atoms with Crippen LogP contribution in [0.15, 0.2) is 53.1 Å². The fraction of sp³-hybridized carbons (Fsp3) is 0.269. The number of nitrogens with zero attached hydrogens (tertiary/aromatic N) is 4. The minimum absolute atomic E-state index is 0.137. The molecule has 12 nitrogen and oxygen atoms in total. The maximum atomic E-state index is 14.1. The van der Waals surface area contributed by atoms with Crippen molar-refractivity contribution >= 4 is 61.1 Å². The molecule has 1 aromatic heterocycles. The number of imide groups is 1. The van der Waals surface area contributed by atoms with Gasteiger partial charge < -0.3 is 16.4 Å². The van der Waals surface area contributed by atoms with Gasteiger partial charge in [0, 0.05) is 31.9 Å². The number of benzene rings is 2. The summed E-state index contributed by atoms with van der Waals surface area (Å²) < 4.78 is 42.0. The van der Waals surface area contributed by atoms with Gasteiger partial charge in [0.25, 0.3) is 17.7 Å². The number of halogens is 2. The molecule has 0 atom stereocenters. The first-order valence-corrected chi connectivity index (χ1v) is 15.0. The normalized spacial score (nSPS) is 16.1. The molecule has 0 bridgehead atoms. The number of hydrogen-bond acceptors (Lipinski definition) is 9. The van der Waals surface area contributed by atoms with Crippen molar-refractivity contribution in [3.8, 4) is 0 Å². The minimum atomic E-state index is -3.72. The largest absolute Gasteiger partial charge is 0.365 e. The molecular weight excluding hydrogens is 621 g/mol. The van der Waals surface area contributed by atoms with Gasteiger partial charge >= 0.3 is 0 Å². The number of anilines is 3. The van der Waals surface area contributed by atoms with Crippen LogP contribution in [0.5, 0.6) is 0 Å². The lowest BCUT2D eigenvalue weighted by molar-refractivity contribution is 0.0663. The maximum Gasteiger partial charge on any atom is 0.261 e. The molecule has 3 heterocycles. The maximum absolute atomic E-state index is 14.1. The predicted molar refractivity (Wildman–Crippen MR) is 152 cm³/mol. The number of piperidine rings is 1. The summed E-state index contributed by atoms with van der Waals surface area (Å²) in [6.45, 7) is 0.238. The monoisotopic (exact) mass is 645 g/mol. The SMILES string of the molecule is NC(=O)c1c(F)cccc1Nc1nc(NC2CCN(S(=O)(=O)CCN3C(=O)c4ccccc4C3=O)CC2)ncc1Br. The van der Waals surface area contributed by atoms with Crippen molar-refractivity contribution in [1.82, 2.24) is 19.2 Å². The van der Waals surface area contributed by atoms with Gasteiger partial charge in [0.2, 0.25) is 16.0 Å². The smallest absolute Gasteiger partial charge is 0.261 e. The number of sulfonamides is 1. The molecule has 0 spiro atoms. The topological polar surface area (TPSA) is 168 Å². The fourth-order valence-electron chi connectivity index (χ4n) is 4.77. The first-order valence-electron chi connectivity index (χ1n) is 12.6. The van der Waals surface area contributed by atoms with E-state index < -0.39 is 33.6 Å². The highest BCUT2D eigenvalue weighted by Gasteiger charge is 2.37. The van der Waals surface area contributed by atoms with E-state index in [1.54, 1.807) is 24.3 Å². The van der Waals surface area contributed by atoms with Gasteiger partial charge in [0.1, 0.15) is 11.6 Å². The Morgan fingerprint density at radius 2 is 1.73 bits per heavy atom. The Kier molecular flexibility index (Phi) is 8.02. The molecule has 2 aromatic carbocycles. The summed E-state index contributed by atoms with van der Waals surface area (Å²) in [5.74, 6) is -2.53. The Balaban J connectivity index is 1.18. The van der Waals surface area contributed by atoms with Crippen molar-refractivity contribution in [3.63, 3.8) is 0 Å². The molecule has 4 N–H and O–H groups in total. The van der Waals surface area contributed by atoms with E-state index in [1.165, 1.54) is 22.6 Å². The first kappa shape index (κ1) is 28.6. The first-order chi connectivity index (χ1) is 19.5. The van der Waals surface area contributed by atoms with Crippen LogP contribution in [0.1, 0.15) is 43.9 Å². The molecular formula is C26H25BrFN7O5S. The fourth-order valence-corrected chi connectivity index (χ4v) is 6.50. The third kappa shape index (κ3) is 5.92. The van der Waals surface area contributed by atoms with Crippen LogP contribution < -0.4 is 16.4 Å². The highest BCUT2D eigenvalue weighted by molar-refractivity contribution is 9.10. The predicted octanol–water partition coefficient (Wildman–Crippen LogP) is 2.72. The quantitative estimate of drug-likeness (QED) is 0.296. The summed E-state index contributed by atoms with van der Waals surface area (Å²) >= 11 is 3.33. The van der Waals surface area contributed by atoms with Gasteiger partial charge in [-0.3, -0.25) is 19.3 Å². The zero-order chi connectivity index (χ0) is 29.3. The van der Waals surface area contributed by atoms with Crippen LogP contribution in [0, 0.1) is 5.82 Å². The van der Waals surface area contributed by atoms with Gasteiger partial charge in [-0.05, 0) is 53.0 Å². The number of carbonyl (C=O) groups is 3. The lowest BCUT2D eigenvalue weighted by Crippen LogP contribution is -2.45. The molecule has 2 aliphatic rings. The van der Waals surface area contributed by atoms with Crippen molar-refractivity contribution in [1.29, 1.82) is 0 Å². The van der Waals surface area contributed by atoms with E-state index >= 15 is 0 Å². The van der Waals surface area contributed by atoms with Gasteiger partial charge in [-0.2, -0.15) is 4.98 Å². The summed E-state index contributed by atoms with van der Waals surface area (Å²) in [6, 6.07) is 10.3. The van der Waals surface area contributed by atoms with Crippen LogP contribution in [0.3, 0.4) is 0 Å². The number of aromatic nitrogens is 2. The summed E-state index contributed by atoms with van der Waals surface area (Å²) in [4.78, 5) is 46.5. The van der Waals surface area contributed by atoms with Gasteiger partial charge in [-0.25, -0.2) is 22.1 Å². The number of nitrogens with two attached hydrogens (primary N) is 1. The number of primary amides is 1. The van der Waals surface area contributed by atoms with E-state index in [2.05, 4.69) is 36.5 Å². The molecule has 0 saturated carbocycles. The second-order valence-electron chi connectivity index (χ2n) is 9.48. The van der Waals surface area contributed by atoms with E-state index in [0.29, 0.717) is 17.3 Å². The molecule has 0 unspecified atom stereocenters. The van der Waals surface area contributed by atoms with Crippen molar-refractivity contribution in [2.75, 3.05) is 36.0 Å². The van der Waals surface area contributed by atoms with Crippen LogP contribution in [0.25, 0.3) is 0 Å². The Bertz CT molecular complexity index is 1610. The molecule has 3 amide bonds. The van der Waals surface area contributed by atoms with E-state index in [-0.39, 0.29) is 65.6 Å². The van der Waals surface area contributed by atoms with E-state index in [0.717, 1.165) is 11.0 Å². The third-order valence-corrected chi connectivity index (χ3v) is 9.32. The van der Waals surface area contributed by atoms with Crippen LogP contribution in [-0.4, -0.2) is 76.7 Å². The average molecular weight is 646 g/mol. The van der Waals surface area contributed by atoms with Gasteiger partial charge in [-0.15, -0.1) is 0 Å². The summed E-state index contributed by atoms with van der Waals surface area (Å²) in [7, 11) is -3.72. The molecule has 41 heavy (non-hydrogen) atoms. The lowest BCUT2D eigenvalue weighted by Gasteiger charge is -2.32. The number of amides is 3. The van der Waals surface area contributed by atoms with Crippen molar-refractivity contribution in [3.05, 3.63) is 75.6 Å². The lowest BCUT2D eigenvalue weighted by atomic mass is 10.1. The Morgan fingerprint density at radius 3 is 2.37 bits per heavy atom. The van der Waals surface area contributed by atoms with Gasteiger partial charge in [-0.1, -0.05) is 18.2 Å². The number of nitrogens with one attached hydrogen (secondary N) is 2. The van der Waals surface area contributed by atoms with E-state index in [4.69, 9.17) is 5.73 Å². The van der Waals surface area contributed by atoms with Gasteiger partial charge in [0.05, 0.1) is 32.6 Å². The number of hydrogen-bond donors (Lipinski definition) is 3. The number of carbonyl (C=O) groups excluding carboxylic acids is 3.